The Balaban J connectivity index is 2.37. The van der Waals surface area contributed by atoms with Crippen LogP contribution in [0, 0.1) is 17.5 Å². The molecule has 0 aliphatic carbocycles. The van der Waals surface area contributed by atoms with Gasteiger partial charge in [0.2, 0.25) is 0 Å². The second kappa shape index (κ2) is 6.70. The van der Waals surface area contributed by atoms with Gasteiger partial charge in [-0.15, -0.1) is 0 Å². The van der Waals surface area contributed by atoms with Crippen molar-refractivity contribution in [2.45, 2.75) is 6.18 Å². The van der Waals surface area contributed by atoms with E-state index in [0.717, 1.165) is 36.0 Å². The third-order valence-corrected chi connectivity index (χ3v) is 4.03. The van der Waals surface area contributed by atoms with E-state index in [1.54, 1.807) is 0 Å². The maximum Gasteiger partial charge on any atom is 0.435 e. The van der Waals surface area contributed by atoms with E-state index in [9.17, 15) is 31.1 Å². The first-order valence-electron chi connectivity index (χ1n) is 7.70. The number of primary amides is 1. The number of alkyl halides is 3. The first-order chi connectivity index (χ1) is 13.0. The van der Waals surface area contributed by atoms with Crippen molar-refractivity contribution in [3.05, 3.63) is 65.1 Å². The Morgan fingerprint density at radius 1 is 1.00 bits per heavy atom. The van der Waals surface area contributed by atoms with Gasteiger partial charge < -0.3 is 5.73 Å². The van der Waals surface area contributed by atoms with E-state index >= 15 is 0 Å². The lowest BCUT2D eigenvalue weighted by molar-refractivity contribution is -0.141. The van der Waals surface area contributed by atoms with E-state index in [2.05, 4.69) is 5.10 Å². The van der Waals surface area contributed by atoms with Gasteiger partial charge in [0.05, 0.1) is 11.3 Å². The summed E-state index contributed by atoms with van der Waals surface area (Å²) in [7, 11) is 1.12. The Bertz CT molecular complexity index is 1090. The smallest absolute Gasteiger partial charge is 0.365 e. The summed E-state index contributed by atoms with van der Waals surface area (Å²) in [5.74, 6) is -4.59. The van der Waals surface area contributed by atoms with Crippen molar-refractivity contribution < 1.29 is 31.1 Å². The molecular formula is C18H11F6N3O. The number of hydrogen-bond donors (Lipinski definition) is 1. The lowest BCUT2D eigenvalue weighted by Gasteiger charge is -2.13. The second-order valence-corrected chi connectivity index (χ2v) is 5.88. The molecule has 1 aromatic heterocycles. The first kappa shape index (κ1) is 19.5. The fraction of sp³-hybridized carbons (Fsp3) is 0.111. The van der Waals surface area contributed by atoms with E-state index in [1.807, 2.05) is 0 Å². The van der Waals surface area contributed by atoms with E-state index in [-0.39, 0.29) is 16.7 Å². The van der Waals surface area contributed by atoms with E-state index in [4.69, 9.17) is 5.73 Å². The fourth-order valence-corrected chi connectivity index (χ4v) is 2.89. The molecule has 146 valence electrons. The standard InChI is InChI=1S/C18H11F6N3O/c1-27-15(14(17(25)28)16(26-27)18(22,23)24)11-7-9(19)3-4-10(11)8-2-5-12(20)13(21)6-8/h2-7H,1H3,(H2,25,28). The van der Waals surface area contributed by atoms with Crippen LogP contribution in [0.2, 0.25) is 0 Å². The molecule has 3 rings (SSSR count). The summed E-state index contributed by atoms with van der Waals surface area (Å²) in [6, 6.07) is 5.81. The minimum absolute atomic E-state index is 0.0547. The highest BCUT2D eigenvalue weighted by Crippen LogP contribution is 2.40. The number of hydrogen-bond acceptors (Lipinski definition) is 2. The average Bonchev–Trinajstić information content (AvgIpc) is 2.95. The van der Waals surface area contributed by atoms with Crippen molar-refractivity contribution in [2.24, 2.45) is 12.8 Å². The second-order valence-electron chi connectivity index (χ2n) is 5.88. The van der Waals surface area contributed by atoms with Gasteiger partial charge in [0.1, 0.15) is 5.82 Å². The van der Waals surface area contributed by atoms with E-state index in [1.165, 1.54) is 12.1 Å². The topological polar surface area (TPSA) is 60.9 Å². The van der Waals surface area contributed by atoms with Crippen LogP contribution in [0.25, 0.3) is 22.4 Å². The number of amides is 1. The predicted octanol–water partition coefficient (Wildman–Crippen LogP) is 4.29. The quantitative estimate of drug-likeness (QED) is 0.668. The maximum atomic E-state index is 13.9. The molecule has 2 aromatic carbocycles. The molecule has 0 aliphatic heterocycles. The molecule has 28 heavy (non-hydrogen) atoms. The molecule has 0 atom stereocenters. The molecule has 0 saturated carbocycles. The Labute approximate surface area is 154 Å². The van der Waals surface area contributed by atoms with Crippen molar-refractivity contribution in [3.8, 4) is 22.4 Å². The minimum Gasteiger partial charge on any atom is -0.365 e. The van der Waals surface area contributed by atoms with Crippen LogP contribution in [0.5, 0.6) is 0 Å². The van der Waals surface area contributed by atoms with E-state index < -0.39 is 46.5 Å². The monoisotopic (exact) mass is 399 g/mol. The molecule has 10 heteroatoms. The number of carbonyl (C=O) groups is 1. The fourth-order valence-electron chi connectivity index (χ4n) is 2.89. The highest BCUT2D eigenvalue weighted by atomic mass is 19.4. The molecule has 4 nitrogen and oxygen atoms in total. The molecular weight excluding hydrogens is 388 g/mol. The number of halogens is 6. The third-order valence-electron chi connectivity index (χ3n) is 4.03. The molecule has 0 spiro atoms. The van der Waals surface area contributed by atoms with Crippen LogP contribution in [-0.2, 0) is 13.2 Å². The van der Waals surface area contributed by atoms with Crippen LogP contribution in [0.15, 0.2) is 36.4 Å². The average molecular weight is 399 g/mol. The van der Waals surface area contributed by atoms with Crippen molar-refractivity contribution in [3.63, 3.8) is 0 Å². The Morgan fingerprint density at radius 2 is 1.68 bits per heavy atom. The zero-order valence-electron chi connectivity index (χ0n) is 14.1. The zero-order valence-corrected chi connectivity index (χ0v) is 14.1. The summed E-state index contributed by atoms with van der Waals surface area (Å²) in [6.45, 7) is 0. The molecule has 3 aromatic rings. The number of aromatic nitrogens is 2. The van der Waals surface area contributed by atoms with Crippen LogP contribution in [0.3, 0.4) is 0 Å². The lowest BCUT2D eigenvalue weighted by Crippen LogP contribution is -2.18. The van der Waals surface area contributed by atoms with Crippen molar-refractivity contribution in [1.29, 1.82) is 0 Å². The van der Waals surface area contributed by atoms with Gasteiger partial charge in [-0.1, -0.05) is 12.1 Å². The first-order valence-corrected chi connectivity index (χ1v) is 7.70. The zero-order chi connectivity index (χ0) is 20.8. The van der Waals surface area contributed by atoms with Crippen LogP contribution in [0.4, 0.5) is 26.3 Å². The molecule has 0 saturated heterocycles. The van der Waals surface area contributed by atoms with Gasteiger partial charge in [0, 0.05) is 12.6 Å². The molecule has 0 radical (unpaired) electrons. The number of nitrogens with zero attached hydrogens (tertiary/aromatic N) is 2. The van der Waals surface area contributed by atoms with Crippen molar-refractivity contribution >= 4 is 5.91 Å². The molecule has 0 bridgehead atoms. The van der Waals surface area contributed by atoms with Crippen molar-refractivity contribution in [2.75, 3.05) is 0 Å². The molecule has 0 aliphatic rings. The number of benzene rings is 2. The van der Waals surface area contributed by atoms with Gasteiger partial charge in [0.25, 0.3) is 5.91 Å². The minimum atomic E-state index is -4.99. The summed E-state index contributed by atoms with van der Waals surface area (Å²) >= 11 is 0. The van der Waals surface area contributed by atoms with Crippen molar-refractivity contribution in [1.82, 2.24) is 9.78 Å². The van der Waals surface area contributed by atoms with Gasteiger partial charge in [-0.2, -0.15) is 18.3 Å². The Morgan fingerprint density at radius 3 is 2.25 bits per heavy atom. The van der Waals surface area contributed by atoms with Gasteiger partial charge in [-0.05, 0) is 35.4 Å². The van der Waals surface area contributed by atoms with Crippen LogP contribution in [0.1, 0.15) is 16.1 Å². The summed E-state index contributed by atoms with van der Waals surface area (Å²) in [6.07, 6.45) is -4.99. The molecule has 1 amide bonds. The van der Waals surface area contributed by atoms with Crippen LogP contribution in [-0.4, -0.2) is 15.7 Å². The largest absolute Gasteiger partial charge is 0.435 e. The normalized spacial score (nSPS) is 11.7. The molecule has 0 unspecified atom stereocenters. The van der Waals surface area contributed by atoms with Gasteiger partial charge in [-0.3, -0.25) is 9.48 Å². The van der Waals surface area contributed by atoms with Crippen LogP contribution >= 0.6 is 0 Å². The molecule has 1 heterocycles. The SMILES string of the molecule is Cn1nc(C(F)(F)F)c(C(N)=O)c1-c1cc(F)ccc1-c1ccc(F)c(F)c1. The predicted molar refractivity (Wildman–Crippen MR) is 87.5 cm³/mol. The van der Waals surface area contributed by atoms with Gasteiger partial charge in [0.15, 0.2) is 17.3 Å². The lowest BCUT2D eigenvalue weighted by atomic mass is 9.94. The number of rotatable bonds is 3. The van der Waals surface area contributed by atoms with E-state index in [0.29, 0.717) is 0 Å². The number of aryl methyl sites for hydroxylation is 1. The number of nitrogens with two attached hydrogens (primary N) is 1. The van der Waals surface area contributed by atoms with Gasteiger partial charge >= 0.3 is 6.18 Å². The highest BCUT2D eigenvalue weighted by molar-refractivity contribution is 6.02. The summed E-state index contributed by atoms with van der Waals surface area (Å²) in [5, 5.41) is 3.31. The van der Waals surface area contributed by atoms with Gasteiger partial charge in [-0.25, -0.2) is 13.2 Å². The van der Waals surface area contributed by atoms with Crippen LogP contribution < -0.4 is 5.73 Å². The third kappa shape index (κ3) is 3.32. The summed E-state index contributed by atoms with van der Waals surface area (Å²) in [4.78, 5) is 11.8. The summed E-state index contributed by atoms with van der Waals surface area (Å²) < 4.78 is 81.3. The Hall–Kier alpha value is -3.30. The summed E-state index contributed by atoms with van der Waals surface area (Å²) in [5.41, 5.74) is 2.17. The Kier molecular flexibility index (Phi) is 4.66. The number of carbonyl (C=O) groups excluding carboxylic acids is 1. The molecule has 2 N–H and O–H groups in total. The maximum absolute atomic E-state index is 13.9. The highest BCUT2D eigenvalue weighted by Gasteiger charge is 2.41. The molecule has 0 fully saturated rings.